The van der Waals surface area contributed by atoms with Gasteiger partial charge in [0.1, 0.15) is 6.04 Å². The van der Waals surface area contributed by atoms with E-state index in [1.165, 1.54) is 0 Å². The topological polar surface area (TPSA) is 81.2 Å². The first-order valence-corrected chi connectivity index (χ1v) is 18.6. The van der Waals surface area contributed by atoms with Crippen molar-refractivity contribution in [3.63, 3.8) is 0 Å². The number of nitrogens with zero attached hydrogens (tertiary/aromatic N) is 3. The molecule has 3 aliphatic rings. The van der Waals surface area contributed by atoms with Crippen molar-refractivity contribution in [2.75, 3.05) is 24.6 Å². The summed E-state index contributed by atoms with van der Waals surface area (Å²) in [7, 11) is 0. The third-order valence-electron chi connectivity index (χ3n) is 10.6. The highest BCUT2D eigenvalue weighted by atomic mass is 79.9. The van der Waals surface area contributed by atoms with Crippen LogP contribution in [-0.2, 0) is 20.9 Å². The van der Waals surface area contributed by atoms with E-state index in [2.05, 4.69) is 29.1 Å². The molecule has 0 aliphatic carbocycles. The van der Waals surface area contributed by atoms with Crippen molar-refractivity contribution in [1.29, 1.82) is 0 Å². The van der Waals surface area contributed by atoms with Crippen molar-refractivity contribution >= 4 is 61.9 Å². The van der Waals surface area contributed by atoms with Crippen LogP contribution in [0.25, 0.3) is 10.8 Å². The predicted molar refractivity (Wildman–Crippen MR) is 198 cm³/mol. The first-order chi connectivity index (χ1) is 23.2. The lowest BCUT2D eigenvalue weighted by molar-refractivity contribution is -0.146. The van der Waals surface area contributed by atoms with E-state index in [0.717, 1.165) is 28.4 Å². The summed E-state index contributed by atoms with van der Waals surface area (Å²) in [5.41, 5.74) is 1.71. The van der Waals surface area contributed by atoms with Gasteiger partial charge in [-0.3, -0.25) is 14.4 Å². The fraction of sp³-hybridized carbons (Fsp3) is 0.410. The van der Waals surface area contributed by atoms with E-state index in [1.807, 2.05) is 86.6 Å². The Labute approximate surface area is 296 Å². The molecule has 3 aromatic carbocycles. The monoisotopic (exact) mass is 729 g/mol. The van der Waals surface area contributed by atoms with Gasteiger partial charge in [-0.25, -0.2) is 0 Å². The van der Waals surface area contributed by atoms with E-state index in [4.69, 9.17) is 0 Å². The van der Waals surface area contributed by atoms with E-state index in [9.17, 15) is 14.7 Å². The molecule has 2 bridgehead atoms. The molecule has 3 aromatic rings. The quantitative estimate of drug-likeness (QED) is 0.162. The summed E-state index contributed by atoms with van der Waals surface area (Å²) >= 11 is 5.53. The number of likely N-dealkylation sites (tertiary alicyclic amines) is 1. The van der Waals surface area contributed by atoms with Crippen LogP contribution < -0.4 is 4.90 Å². The highest BCUT2D eigenvalue weighted by Crippen LogP contribution is 2.68. The molecule has 0 aromatic heterocycles. The molecule has 3 fully saturated rings. The van der Waals surface area contributed by atoms with Gasteiger partial charge in [0.2, 0.25) is 11.8 Å². The third kappa shape index (κ3) is 5.81. The maximum absolute atomic E-state index is 15.2. The lowest BCUT2D eigenvalue weighted by atomic mass is 9.70. The molecule has 3 unspecified atom stereocenters. The summed E-state index contributed by atoms with van der Waals surface area (Å²) < 4.78 is -0.850. The van der Waals surface area contributed by atoms with Gasteiger partial charge in [0.05, 0.1) is 29.2 Å². The molecule has 48 heavy (non-hydrogen) atoms. The van der Waals surface area contributed by atoms with Gasteiger partial charge in [-0.05, 0) is 40.8 Å². The number of hydrogen-bond donors (Lipinski definition) is 1. The highest BCUT2D eigenvalue weighted by Gasteiger charge is 2.76. The summed E-state index contributed by atoms with van der Waals surface area (Å²) in [6.07, 6.45) is 4.71. The zero-order valence-corrected chi connectivity index (χ0v) is 30.0. The first-order valence-electron chi connectivity index (χ1n) is 16.8. The van der Waals surface area contributed by atoms with Crippen LogP contribution in [0.5, 0.6) is 0 Å². The second-order valence-electron chi connectivity index (χ2n) is 13.3. The number of hydrogen-bond acceptors (Lipinski definition) is 5. The summed E-state index contributed by atoms with van der Waals surface area (Å²) in [6, 6.07) is 22.3. The smallest absolute Gasteiger partial charge is 0.251 e. The van der Waals surface area contributed by atoms with E-state index in [1.54, 1.807) is 38.6 Å². The molecule has 252 valence electrons. The van der Waals surface area contributed by atoms with Gasteiger partial charge in [0.25, 0.3) is 5.91 Å². The number of amides is 3. The Hall–Kier alpha value is -3.40. The molecular weight excluding hydrogens is 686 g/mol. The Morgan fingerprint density at radius 3 is 2.40 bits per heavy atom. The fourth-order valence-electron chi connectivity index (χ4n) is 8.15. The number of alkyl halides is 1. The van der Waals surface area contributed by atoms with Crippen molar-refractivity contribution in [2.45, 2.75) is 60.1 Å². The number of carbonyl (C=O) groups is 3. The standard InChI is InChI=1S/C39H44BrN3O4S/c1-5-19-41(23-26-13-9-8-10-14-26)36(45)32-33-37(46)43(31(24-44)25(4)7-3)35(39(33)22-30(40)34(32)48-39)38(47)42(20-6-2)29-18-17-27-15-11-12-16-28(27)21-29/h5-6,8-18,21,25,30-35,44H,1-2,7,19-20,22-24H2,3-4H3/t25-,30?,31-,32-,33-,34-,35?,39?/m0/s1. The normalized spacial score (nSPS) is 27.0. The molecule has 3 heterocycles. The lowest BCUT2D eigenvalue weighted by Crippen LogP contribution is -2.59. The van der Waals surface area contributed by atoms with Gasteiger partial charge >= 0.3 is 0 Å². The number of anilines is 1. The minimum atomic E-state index is -0.873. The average Bonchev–Trinajstić information content (AvgIpc) is 3.70. The van der Waals surface area contributed by atoms with Gasteiger partial charge in [-0.1, -0.05) is 109 Å². The van der Waals surface area contributed by atoms with Crippen LogP contribution in [0.15, 0.2) is 98.1 Å². The van der Waals surface area contributed by atoms with E-state index >= 15 is 4.79 Å². The Bertz CT molecular complexity index is 1700. The molecule has 3 aliphatic heterocycles. The summed E-state index contributed by atoms with van der Waals surface area (Å²) in [5.74, 6) is -1.92. The van der Waals surface area contributed by atoms with Crippen molar-refractivity contribution in [3.05, 3.63) is 104 Å². The van der Waals surface area contributed by atoms with Crippen LogP contribution in [0.3, 0.4) is 0 Å². The second kappa shape index (κ2) is 14.2. The van der Waals surface area contributed by atoms with Crippen LogP contribution >= 0.6 is 27.7 Å². The lowest BCUT2D eigenvalue weighted by Gasteiger charge is -2.41. The minimum Gasteiger partial charge on any atom is -0.394 e. The number of benzene rings is 3. The molecule has 8 atom stereocenters. The van der Waals surface area contributed by atoms with E-state index < -0.39 is 28.7 Å². The van der Waals surface area contributed by atoms with Gasteiger partial charge in [0, 0.05) is 35.4 Å². The molecular formula is C39H44BrN3O4S. The molecule has 7 nitrogen and oxygen atoms in total. The molecule has 9 heteroatoms. The van der Waals surface area contributed by atoms with Gasteiger partial charge in [-0.2, -0.15) is 0 Å². The largest absolute Gasteiger partial charge is 0.394 e. The Balaban J connectivity index is 1.45. The van der Waals surface area contributed by atoms with Crippen LogP contribution in [-0.4, -0.2) is 79.2 Å². The van der Waals surface area contributed by atoms with Crippen LogP contribution in [0.1, 0.15) is 32.3 Å². The van der Waals surface area contributed by atoms with Crippen molar-refractivity contribution in [2.24, 2.45) is 17.8 Å². The molecule has 1 N–H and O–H groups in total. The maximum Gasteiger partial charge on any atom is 0.251 e. The number of carbonyl (C=O) groups excluding carboxylic acids is 3. The van der Waals surface area contributed by atoms with Crippen LogP contribution in [0.2, 0.25) is 0 Å². The van der Waals surface area contributed by atoms with E-state index in [0.29, 0.717) is 19.5 Å². The van der Waals surface area contributed by atoms with Crippen LogP contribution in [0, 0.1) is 17.8 Å². The highest BCUT2D eigenvalue weighted by molar-refractivity contribution is 9.09. The number of rotatable bonds is 13. The van der Waals surface area contributed by atoms with E-state index in [-0.39, 0.29) is 46.9 Å². The molecule has 0 saturated carbocycles. The SMILES string of the molecule is C=CCN(Cc1ccccc1)C(=O)[C@H]1[C@H]2C(=O)N([C@@H](CO)[C@@H](C)CC)C(C(=O)N(CC=C)c3ccc4ccccc4c3)C23CC(Br)[C@@H]1S3. The minimum absolute atomic E-state index is 0.0653. The number of fused-ring (bicyclic) bond motifs is 2. The van der Waals surface area contributed by atoms with Crippen molar-refractivity contribution in [1.82, 2.24) is 9.80 Å². The summed E-state index contributed by atoms with van der Waals surface area (Å²) in [5, 5.41) is 12.7. The Kier molecular flexibility index (Phi) is 10.2. The van der Waals surface area contributed by atoms with Crippen LogP contribution in [0.4, 0.5) is 5.69 Å². The molecule has 6 rings (SSSR count). The predicted octanol–water partition coefficient (Wildman–Crippen LogP) is 6.45. The van der Waals surface area contributed by atoms with Gasteiger partial charge in [0.15, 0.2) is 0 Å². The summed E-state index contributed by atoms with van der Waals surface area (Å²) in [4.78, 5) is 50.0. The average molecular weight is 731 g/mol. The van der Waals surface area contributed by atoms with Gasteiger partial charge in [-0.15, -0.1) is 24.9 Å². The number of aliphatic hydroxyl groups excluding tert-OH is 1. The number of halogens is 1. The summed E-state index contributed by atoms with van der Waals surface area (Å²) in [6.45, 7) is 12.6. The third-order valence-corrected chi connectivity index (χ3v) is 13.8. The Morgan fingerprint density at radius 2 is 1.73 bits per heavy atom. The fourth-order valence-corrected chi connectivity index (χ4v) is 11.7. The molecule has 1 spiro atoms. The number of thioether (sulfide) groups is 1. The zero-order chi connectivity index (χ0) is 34.2. The molecule has 3 amide bonds. The maximum atomic E-state index is 15.2. The molecule has 0 radical (unpaired) electrons. The first kappa shape index (κ1) is 34.5. The second-order valence-corrected chi connectivity index (χ2v) is 16.0. The molecule has 3 saturated heterocycles. The zero-order valence-electron chi connectivity index (χ0n) is 27.6. The van der Waals surface area contributed by atoms with Crippen molar-refractivity contribution < 1.29 is 19.5 Å². The van der Waals surface area contributed by atoms with Crippen molar-refractivity contribution in [3.8, 4) is 0 Å². The van der Waals surface area contributed by atoms with Gasteiger partial charge < -0.3 is 19.8 Å². The number of aliphatic hydroxyl groups is 1. The Morgan fingerprint density at radius 1 is 1.04 bits per heavy atom.